The van der Waals surface area contributed by atoms with Gasteiger partial charge in [0, 0.05) is 22.4 Å². The highest BCUT2D eigenvalue weighted by Crippen LogP contribution is 2.09. The molecule has 0 aliphatic carbocycles. The van der Waals surface area contributed by atoms with Crippen LogP contribution in [-0.4, -0.2) is 53.3 Å². The number of nitrogens with zero attached hydrogens (tertiary/aromatic N) is 1. The predicted molar refractivity (Wildman–Crippen MR) is 119 cm³/mol. The lowest BCUT2D eigenvalue weighted by Crippen LogP contribution is -2.51. The first-order valence-electron chi connectivity index (χ1n) is 9.86. The maximum atomic E-state index is 12.3. The van der Waals surface area contributed by atoms with Gasteiger partial charge in [0.1, 0.15) is 6.04 Å². The summed E-state index contributed by atoms with van der Waals surface area (Å²) >= 11 is 0. The number of benzene rings is 2. The summed E-state index contributed by atoms with van der Waals surface area (Å²) in [5.41, 5.74) is 3.62. The number of aliphatic hydroxyl groups is 1. The molecule has 2 rings (SSSR count). The Labute approximate surface area is 190 Å². The first-order valence-corrected chi connectivity index (χ1v) is 9.86. The van der Waals surface area contributed by atoms with Crippen molar-refractivity contribution in [3.05, 3.63) is 65.2 Å². The zero-order valence-electron chi connectivity index (χ0n) is 17.8. The molecule has 10 heteroatoms. The minimum absolute atomic E-state index is 0.0391. The van der Waals surface area contributed by atoms with Crippen LogP contribution in [0.15, 0.2) is 48.5 Å². The van der Waals surface area contributed by atoms with Crippen LogP contribution in [0.2, 0.25) is 0 Å². The van der Waals surface area contributed by atoms with Gasteiger partial charge >= 0.3 is 0 Å². The van der Waals surface area contributed by atoms with E-state index < -0.39 is 24.0 Å². The van der Waals surface area contributed by atoms with E-state index in [-0.39, 0.29) is 24.6 Å². The number of amides is 3. The standard InChI is InChI=1S/C23H23N5O5/c1-15(29)21(23(32)28-33)27-22(31)18-8-4-16(5-9-18)2-3-17-6-10-19(11-7-17)26-20(30)14-25-13-12-24/h4-11,15,21,25,29,33H,13-14H2,1H3,(H,26,30)(H,27,31)(H,28,32)/t15-,21+/m1/s1. The van der Waals surface area contributed by atoms with Crippen LogP contribution in [0, 0.1) is 23.2 Å². The Balaban J connectivity index is 1.97. The molecule has 0 spiro atoms. The lowest BCUT2D eigenvalue weighted by molar-refractivity contribution is -0.133. The average Bonchev–Trinajstić information content (AvgIpc) is 2.81. The number of anilines is 1. The quantitative estimate of drug-likeness (QED) is 0.110. The van der Waals surface area contributed by atoms with E-state index in [0.717, 1.165) is 0 Å². The van der Waals surface area contributed by atoms with E-state index in [1.807, 2.05) is 6.07 Å². The van der Waals surface area contributed by atoms with Crippen LogP contribution >= 0.6 is 0 Å². The molecule has 0 fully saturated rings. The van der Waals surface area contributed by atoms with Crippen molar-refractivity contribution >= 4 is 23.4 Å². The Morgan fingerprint density at radius 1 is 1.00 bits per heavy atom. The smallest absolute Gasteiger partial charge is 0.268 e. The number of aliphatic hydroxyl groups excluding tert-OH is 1. The van der Waals surface area contributed by atoms with Gasteiger partial charge in [-0.1, -0.05) is 11.8 Å². The number of nitriles is 1. The van der Waals surface area contributed by atoms with Crippen LogP contribution in [0.25, 0.3) is 0 Å². The van der Waals surface area contributed by atoms with Gasteiger partial charge in [-0.2, -0.15) is 5.26 Å². The number of hydrogen-bond acceptors (Lipinski definition) is 7. The summed E-state index contributed by atoms with van der Waals surface area (Å²) in [6.45, 7) is 1.45. The number of carbonyl (C=O) groups is 3. The molecule has 0 aromatic heterocycles. The molecule has 6 N–H and O–H groups in total. The minimum atomic E-state index is -1.30. The van der Waals surface area contributed by atoms with E-state index in [0.29, 0.717) is 16.8 Å². The van der Waals surface area contributed by atoms with Crippen LogP contribution < -0.4 is 21.4 Å². The lowest BCUT2D eigenvalue weighted by atomic mass is 10.1. The van der Waals surface area contributed by atoms with Gasteiger partial charge < -0.3 is 15.7 Å². The van der Waals surface area contributed by atoms with Crippen LogP contribution in [0.4, 0.5) is 5.69 Å². The fraction of sp³-hybridized carbons (Fsp3) is 0.217. The summed E-state index contributed by atoms with van der Waals surface area (Å²) < 4.78 is 0. The molecule has 170 valence electrons. The van der Waals surface area contributed by atoms with E-state index in [2.05, 4.69) is 27.8 Å². The molecule has 0 unspecified atom stereocenters. The Bertz CT molecular complexity index is 1080. The van der Waals surface area contributed by atoms with Crippen molar-refractivity contribution in [2.45, 2.75) is 19.1 Å². The van der Waals surface area contributed by atoms with Gasteiger partial charge in [0.05, 0.1) is 25.3 Å². The predicted octanol–water partition coefficient (Wildman–Crippen LogP) is 0.123. The minimum Gasteiger partial charge on any atom is -0.391 e. The van der Waals surface area contributed by atoms with E-state index in [9.17, 15) is 19.5 Å². The van der Waals surface area contributed by atoms with E-state index in [1.165, 1.54) is 24.5 Å². The second-order valence-electron chi connectivity index (χ2n) is 6.88. The molecular weight excluding hydrogens is 426 g/mol. The van der Waals surface area contributed by atoms with E-state index in [1.54, 1.807) is 36.4 Å². The van der Waals surface area contributed by atoms with Gasteiger partial charge in [0.25, 0.3) is 11.8 Å². The van der Waals surface area contributed by atoms with Gasteiger partial charge in [0.15, 0.2) is 0 Å². The molecule has 33 heavy (non-hydrogen) atoms. The topological polar surface area (TPSA) is 164 Å². The van der Waals surface area contributed by atoms with Gasteiger partial charge in [-0.25, -0.2) is 5.48 Å². The monoisotopic (exact) mass is 449 g/mol. The maximum absolute atomic E-state index is 12.3. The first-order chi connectivity index (χ1) is 15.8. The molecule has 0 aliphatic rings. The lowest BCUT2D eigenvalue weighted by Gasteiger charge is -2.19. The highest BCUT2D eigenvalue weighted by molar-refractivity contribution is 5.97. The van der Waals surface area contributed by atoms with E-state index >= 15 is 0 Å². The zero-order valence-corrected chi connectivity index (χ0v) is 17.8. The molecule has 0 bridgehead atoms. The highest BCUT2D eigenvalue weighted by Gasteiger charge is 2.25. The van der Waals surface area contributed by atoms with Crippen LogP contribution in [0.1, 0.15) is 28.4 Å². The number of hydrogen-bond donors (Lipinski definition) is 6. The summed E-state index contributed by atoms with van der Waals surface area (Å²) in [6.07, 6.45) is -1.20. The maximum Gasteiger partial charge on any atom is 0.268 e. The molecule has 0 aliphatic heterocycles. The molecule has 0 radical (unpaired) electrons. The molecular formula is C23H23N5O5. The van der Waals surface area contributed by atoms with Crippen molar-refractivity contribution < 1.29 is 24.7 Å². The van der Waals surface area contributed by atoms with Crippen LogP contribution in [-0.2, 0) is 9.59 Å². The summed E-state index contributed by atoms with van der Waals surface area (Å²) in [5.74, 6) is 4.16. The summed E-state index contributed by atoms with van der Waals surface area (Å²) in [6, 6.07) is 13.8. The molecule has 0 saturated carbocycles. The molecule has 3 amide bonds. The second-order valence-corrected chi connectivity index (χ2v) is 6.88. The molecule has 0 heterocycles. The van der Waals surface area contributed by atoms with Crippen LogP contribution in [0.5, 0.6) is 0 Å². The third-order valence-electron chi connectivity index (χ3n) is 4.32. The molecule has 2 aromatic carbocycles. The highest BCUT2D eigenvalue weighted by atomic mass is 16.5. The number of hydroxylamine groups is 1. The van der Waals surface area contributed by atoms with Gasteiger partial charge in [-0.3, -0.25) is 24.9 Å². The molecule has 10 nitrogen and oxygen atoms in total. The van der Waals surface area contributed by atoms with Gasteiger partial charge in [-0.15, -0.1) is 0 Å². The summed E-state index contributed by atoms with van der Waals surface area (Å²) in [5, 5.41) is 34.5. The SMILES string of the molecule is C[C@@H](O)[C@H](NC(=O)c1ccc(C#Cc2ccc(NC(=O)CNCC#N)cc2)cc1)C(=O)NO. The Hall–Kier alpha value is -4.22. The fourth-order valence-corrected chi connectivity index (χ4v) is 2.62. The van der Waals surface area contributed by atoms with Crippen molar-refractivity contribution in [1.29, 1.82) is 5.26 Å². The van der Waals surface area contributed by atoms with E-state index in [4.69, 9.17) is 10.5 Å². The molecule has 2 aromatic rings. The first kappa shape index (κ1) is 25.0. The molecule has 2 atom stereocenters. The summed E-state index contributed by atoms with van der Waals surface area (Å²) in [7, 11) is 0. The normalized spacial score (nSPS) is 11.7. The van der Waals surface area contributed by atoms with Crippen molar-refractivity contribution in [3.63, 3.8) is 0 Å². The third kappa shape index (κ3) is 8.09. The summed E-state index contributed by atoms with van der Waals surface area (Å²) in [4.78, 5) is 35.5. The molecule has 0 saturated heterocycles. The van der Waals surface area contributed by atoms with Gasteiger partial charge in [-0.05, 0) is 55.5 Å². The van der Waals surface area contributed by atoms with Crippen molar-refractivity contribution in [2.24, 2.45) is 0 Å². The number of rotatable bonds is 8. The number of nitrogens with one attached hydrogen (secondary N) is 4. The van der Waals surface area contributed by atoms with Crippen molar-refractivity contribution in [3.8, 4) is 17.9 Å². The number of carbonyl (C=O) groups excluding carboxylic acids is 3. The zero-order chi connectivity index (χ0) is 24.2. The Kier molecular flexibility index (Phi) is 9.55. The van der Waals surface area contributed by atoms with Crippen molar-refractivity contribution in [2.75, 3.05) is 18.4 Å². The van der Waals surface area contributed by atoms with Crippen LogP contribution in [0.3, 0.4) is 0 Å². The average molecular weight is 449 g/mol. The second kappa shape index (κ2) is 12.6. The Morgan fingerprint density at radius 2 is 1.58 bits per heavy atom. The fourth-order valence-electron chi connectivity index (χ4n) is 2.62. The van der Waals surface area contributed by atoms with Crippen molar-refractivity contribution in [1.82, 2.24) is 16.1 Å². The third-order valence-corrected chi connectivity index (χ3v) is 4.32. The van der Waals surface area contributed by atoms with Gasteiger partial charge in [0.2, 0.25) is 5.91 Å². The largest absolute Gasteiger partial charge is 0.391 e. The Morgan fingerprint density at radius 3 is 2.09 bits per heavy atom.